The van der Waals surface area contributed by atoms with Crippen molar-refractivity contribution < 1.29 is 5.11 Å². The molecule has 1 aromatic rings. The molecule has 1 heterocycles. The van der Waals surface area contributed by atoms with E-state index in [0.29, 0.717) is 0 Å². The fraction of sp³-hybridized carbons (Fsp3) is 0.538. The van der Waals surface area contributed by atoms with Crippen LogP contribution in [0.4, 0.5) is 0 Å². The lowest BCUT2D eigenvalue weighted by Gasteiger charge is -2.33. The molecule has 0 aromatic heterocycles. The molecule has 1 aromatic carbocycles. The molecule has 1 fully saturated rings. The number of piperidine rings is 1. The van der Waals surface area contributed by atoms with Gasteiger partial charge in [0.1, 0.15) is 0 Å². The van der Waals surface area contributed by atoms with Crippen molar-refractivity contribution in [2.75, 3.05) is 25.4 Å². The molecule has 17 heavy (non-hydrogen) atoms. The molecule has 2 unspecified atom stereocenters. The summed E-state index contributed by atoms with van der Waals surface area (Å²) in [5.41, 5.74) is 5.78. The first-order chi connectivity index (χ1) is 8.25. The van der Waals surface area contributed by atoms with Gasteiger partial charge in [0.05, 0.1) is 6.10 Å². The van der Waals surface area contributed by atoms with E-state index in [9.17, 15) is 5.11 Å². The Hall–Kier alpha value is -0.550. The van der Waals surface area contributed by atoms with Crippen LogP contribution >= 0.6 is 11.8 Å². The van der Waals surface area contributed by atoms with Gasteiger partial charge in [-0.15, -0.1) is 11.8 Å². The third-order valence-electron chi connectivity index (χ3n) is 3.14. The molecular formula is C13H20N2OS. The van der Waals surface area contributed by atoms with E-state index < -0.39 is 0 Å². The second-order valence-corrected chi connectivity index (χ2v) is 5.65. The summed E-state index contributed by atoms with van der Waals surface area (Å²) in [6.45, 7) is 2.74. The van der Waals surface area contributed by atoms with Gasteiger partial charge in [-0.3, -0.25) is 4.90 Å². The molecule has 3 nitrogen and oxygen atoms in total. The first-order valence-corrected chi connectivity index (χ1v) is 7.08. The van der Waals surface area contributed by atoms with Gasteiger partial charge in [-0.05, 0) is 25.1 Å². The standard InChI is InChI=1S/C13H20N2OS/c14-12-6-7-15(10-13(12)16)8-9-17-11-4-2-1-3-5-11/h1-5,12-13,16H,6-10,14H2. The SMILES string of the molecule is NC1CCN(CCSc2ccccc2)CC1O. The van der Waals surface area contributed by atoms with Gasteiger partial charge in [-0.25, -0.2) is 0 Å². The largest absolute Gasteiger partial charge is 0.390 e. The third-order valence-corrected chi connectivity index (χ3v) is 4.13. The molecule has 1 aliphatic heterocycles. The van der Waals surface area contributed by atoms with Crippen LogP contribution in [0.15, 0.2) is 35.2 Å². The molecule has 0 bridgehead atoms. The Balaban J connectivity index is 1.69. The van der Waals surface area contributed by atoms with Crippen LogP contribution in [0.5, 0.6) is 0 Å². The summed E-state index contributed by atoms with van der Waals surface area (Å²) in [7, 11) is 0. The van der Waals surface area contributed by atoms with E-state index in [4.69, 9.17) is 5.73 Å². The minimum atomic E-state index is -0.356. The minimum Gasteiger partial charge on any atom is -0.390 e. The molecule has 3 N–H and O–H groups in total. The van der Waals surface area contributed by atoms with E-state index in [1.54, 1.807) is 0 Å². The van der Waals surface area contributed by atoms with Crippen LogP contribution in [0.2, 0.25) is 0 Å². The predicted octanol–water partition coefficient (Wildman–Crippen LogP) is 1.17. The quantitative estimate of drug-likeness (QED) is 0.790. The number of benzene rings is 1. The molecule has 0 spiro atoms. The van der Waals surface area contributed by atoms with Crippen molar-refractivity contribution >= 4 is 11.8 Å². The Kier molecular flexibility index (Phi) is 4.86. The van der Waals surface area contributed by atoms with Gasteiger partial charge < -0.3 is 10.8 Å². The van der Waals surface area contributed by atoms with Crippen LogP contribution in [-0.4, -0.2) is 47.5 Å². The molecule has 0 amide bonds. The Labute approximate surface area is 107 Å². The molecular weight excluding hydrogens is 232 g/mol. The summed E-state index contributed by atoms with van der Waals surface area (Å²) in [4.78, 5) is 3.60. The lowest BCUT2D eigenvalue weighted by atomic mass is 10.0. The lowest BCUT2D eigenvalue weighted by molar-refractivity contribution is 0.0568. The Bertz CT molecular complexity index is 333. The second kappa shape index (κ2) is 6.40. The molecule has 0 saturated carbocycles. The van der Waals surface area contributed by atoms with Crippen molar-refractivity contribution in [3.05, 3.63) is 30.3 Å². The molecule has 0 aliphatic carbocycles. The van der Waals surface area contributed by atoms with Crippen LogP contribution in [0, 0.1) is 0 Å². The topological polar surface area (TPSA) is 49.5 Å². The molecule has 2 atom stereocenters. The highest BCUT2D eigenvalue weighted by molar-refractivity contribution is 7.99. The predicted molar refractivity (Wildman–Crippen MR) is 72.2 cm³/mol. The zero-order chi connectivity index (χ0) is 12.1. The lowest BCUT2D eigenvalue weighted by Crippen LogP contribution is -2.50. The van der Waals surface area contributed by atoms with E-state index in [1.807, 2.05) is 17.8 Å². The highest BCUT2D eigenvalue weighted by Gasteiger charge is 2.23. The van der Waals surface area contributed by atoms with Gasteiger partial charge in [0, 0.05) is 29.8 Å². The number of nitrogens with two attached hydrogens (primary N) is 1. The second-order valence-electron chi connectivity index (χ2n) is 4.48. The van der Waals surface area contributed by atoms with Crippen LogP contribution < -0.4 is 5.73 Å². The summed E-state index contributed by atoms with van der Waals surface area (Å²) < 4.78 is 0. The third kappa shape index (κ3) is 4.00. The zero-order valence-electron chi connectivity index (χ0n) is 9.96. The number of rotatable bonds is 4. The van der Waals surface area contributed by atoms with Gasteiger partial charge >= 0.3 is 0 Å². The number of hydrogen-bond acceptors (Lipinski definition) is 4. The van der Waals surface area contributed by atoms with E-state index in [0.717, 1.165) is 31.8 Å². The molecule has 1 saturated heterocycles. The summed E-state index contributed by atoms with van der Waals surface area (Å²) in [5, 5.41) is 9.69. The summed E-state index contributed by atoms with van der Waals surface area (Å²) >= 11 is 1.86. The number of aliphatic hydroxyl groups excluding tert-OH is 1. The smallest absolute Gasteiger partial charge is 0.0818 e. The average Bonchev–Trinajstić information content (AvgIpc) is 2.35. The number of likely N-dealkylation sites (tertiary alicyclic amines) is 1. The maximum absolute atomic E-state index is 9.69. The van der Waals surface area contributed by atoms with Crippen molar-refractivity contribution in [1.82, 2.24) is 4.90 Å². The van der Waals surface area contributed by atoms with E-state index in [2.05, 4.69) is 29.2 Å². The Morgan fingerprint density at radius 3 is 2.82 bits per heavy atom. The molecule has 4 heteroatoms. The van der Waals surface area contributed by atoms with Gasteiger partial charge in [-0.2, -0.15) is 0 Å². The summed E-state index contributed by atoms with van der Waals surface area (Å²) in [5.74, 6) is 1.06. The molecule has 94 valence electrons. The van der Waals surface area contributed by atoms with Crippen molar-refractivity contribution in [2.24, 2.45) is 5.73 Å². The maximum Gasteiger partial charge on any atom is 0.0818 e. The maximum atomic E-state index is 9.69. The number of hydrogen-bond donors (Lipinski definition) is 2. The van der Waals surface area contributed by atoms with E-state index in [1.165, 1.54) is 4.90 Å². The monoisotopic (exact) mass is 252 g/mol. The van der Waals surface area contributed by atoms with Gasteiger partial charge in [0.15, 0.2) is 0 Å². The van der Waals surface area contributed by atoms with E-state index >= 15 is 0 Å². The summed E-state index contributed by atoms with van der Waals surface area (Å²) in [6, 6.07) is 10.4. The number of thioether (sulfide) groups is 1. The molecule has 2 rings (SSSR count). The first-order valence-electron chi connectivity index (χ1n) is 6.09. The number of aliphatic hydroxyl groups is 1. The normalized spacial score (nSPS) is 26.0. The average molecular weight is 252 g/mol. The number of nitrogens with zero attached hydrogens (tertiary/aromatic N) is 1. The molecule has 0 radical (unpaired) electrons. The fourth-order valence-corrected chi connectivity index (χ4v) is 2.96. The highest BCUT2D eigenvalue weighted by Crippen LogP contribution is 2.18. The van der Waals surface area contributed by atoms with Gasteiger partial charge in [0.25, 0.3) is 0 Å². The van der Waals surface area contributed by atoms with Crippen LogP contribution in [0.3, 0.4) is 0 Å². The van der Waals surface area contributed by atoms with Crippen LogP contribution in [0.25, 0.3) is 0 Å². The minimum absolute atomic E-state index is 0.0342. The summed E-state index contributed by atoms with van der Waals surface area (Å²) in [6.07, 6.45) is 0.544. The van der Waals surface area contributed by atoms with Crippen molar-refractivity contribution in [3.63, 3.8) is 0 Å². The first kappa shape index (κ1) is 12.9. The van der Waals surface area contributed by atoms with Gasteiger partial charge in [-0.1, -0.05) is 18.2 Å². The highest BCUT2D eigenvalue weighted by atomic mass is 32.2. The van der Waals surface area contributed by atoms with Crippen molar-refractivity contribution in [2.45, 2.75) is 23.5 Å². The fourth-order valence-electron chi connectivity index (χ4n) is 2.03. The zero-order valence-corrected chi connectivity index (χ0v) is 10.8. The van der Waals surface area contributed by atoms with Gasteiger partial charge in [0.2, 0.25) is 0 Å². The van der Waals surface area contributed by atoms with Crippen LogP contribution in [-0.2, 0) is 0 Å². The van der Waals surface area contributed by atoms with Crippen molar-refractivity contribution in [3.8, 4) is 0 Å². The Morgan fingerprint density at radius 2 is 2.12 bits per heavy atom. The Morgan fingerprint density at radius 1 is 1.35 bits per heavy atom. The molecule has 1 aliphatic rings. The van der Waals surface area contributed by atoms with Crippen LogP contribution in [0.1, 0.15) is 6.42 Å². The van der Waals surface area contributed by atoms with E-state index in [-0.39, 0.29) is 12.1 Å². The van der Waals surface area contributed by atoms with Crippen molar-refractivity contribution in [1.29, 1.82) is 0 Å². The number of β-amino-alcohol motifs (C(OH)–C–C–N with tert-alkyl or cyclic N) is 1.